The van der Waals surface area contributed by atoms with Crippen LogP contribution in [0.3, 0.4) is 0 Å². The van der Waals surface area contributed by atoms with E-state index in [0.29, 0.717) is 0 Å². The van der Waals surface area contributed by atoms with Gasteiger partial charge >= 0.3 is 35.6 Å². The summed E-state index contributed by atoms with van der Waals surface area (Å²) in [5.41, 5.74) is 0. The van der Waals surface area contributed by atoms with Crippen molar-refractivity contribution in [3.8, 4) is 0 Å². The zero-order valence-corrected chi connectivity index (χ0v) is 17.7. The molecule has 0 fully saturated rings. The monoisotopic (exact) mass is 408 g/mol. The average molecular weight is 409 g/mol. The van der Waals surface area contributed by atoms with Crippen molar-refractivity contribution in [1.29, 1.82) is 0 Å². The summed E-state index contributed by atoms with van der Waals surface area (Å²) in [7, 11) is 9.84. The predicted octanol–water partition coefficient (Wildman–Crippen LogP) is 6.86. The van der Waals surface area contributed by atoms with Crippen molar-refractivity contribution in [2.75, 3.05) is 13.3 Å². The molecule has 0 amide bonds. The number of fused-ring (bicyclic) bond motifs is 2. The maximum Gasteiger partial charge on any atom is -0.0809 e. The van der Waals surface area contributed by atoms with Crippen molar-refractivity contribution in [2.24, 2.45) is 0 Å². The molecule has 0 spiro atoms. The summed E-state index contributed by atoms with van der Waals surface area (Å²) < 4.78 is 0. The minimum Gasteiger partial charge on any atom is -0.168 e. The van der Waals surface area contributed by atoms with Crippen molar-refractivity contribution < 1.29 is 17.0 Å². The van der Waals surface area contributed by atoms with Crippen molar-refractivity contribution in [1.82, 2.24) is 0 Å². The molecule has 0 radical (unpaired) electrons. The molecule has 0 N–H and O–H groups in total. The van der Waals surface area contributed by atoms with E-state index in [1.54, 1.807) is 0 Å². The van der Waals surface area contributed by atoms with Gasteiger partial charge in [0.25, 0.3) is 0 Å². The van der Waals surface area contributed by atoms with Crippen LogP contribution in [0.4, 0.5) is 0 Å². The average Bonchev–Trinajstić information content (AvgIpc) is 3.23. The Labute approximate surface area is 161 Å². The molecule has 0 aliphatic rings. The third kappa shape index (κ3) is 5.73. The van der Waals surface area contributed by atoms with Gasteiger partial charge in [-0.1, -0.05) is 12.1 Å². The van der Waals surface area contributed by atoms with Crippen molar-refractivity contribution in [3.63, 3.8) is 0 Å². The van der Waals surface area contributed by atoms with E-state index in [-0.39, 0.29) is 7.92 Å². The zero-order chi connectivity index (χ0) is 17.4. The summed E-state index contributed by atoms with van der Waals surface area (Å²) >= 11 is -0.556. The van der Waals surface area contributed by atoms with Gasteiger partial charge in [-0.15, -0.1) is 77.9 Å². The molecule has 0 saturated carbocycles. The Kier molecular flexibility index (Phi) is 8.53. The second kappa shape index (κ2) is 10.4. The van der Waals surface area contributed by atoms with E-state index in [0.717, 1.165) is 0 Å². The molecule has 4 aromatic carbocycles. The van der Waals surface area contributed by atoms with Crippen LogP contribution in [0.2, 0.25) is 0 Å². The van der Waals surface area contributed by atoms with Crippen LogP contribution in [0, 0.1) is 0 Å². The van der Waals surface area contributed by atoms with Crippen molar-refractivity contribution in [2.45, 2.75) is 0 Å². The van der Waals surface area contributed by atoms with Crippen LogP contribution in [0.1, 0.15) is 0 Å². The van der Waals surface area contributed by atoms with Crippen molar-refractivity contribution in [3.05, 3.63) is 78.9 Å². The van der Waals surface area contributed by atoms with Crippen LogP contribution in [0.5, 0.6) is 0 Å². The topological polar surface area (TPSA) is 0 Å². The summed E-state index contributed by atoms with van der Waals surface area (Å²) in [6.45, 7) is 4.59. The van der Waals surface area contributed by atoms with Gasteiger partial charge in [0.15, 0.2) is 0 Å². The zero-order valence-electron chi connectivity index (χ0n) is 13.7. The standard InChI is InChI=1S/C11H12P.C9H7.2ClH.Ti/c1-12(2)11-7-9-5-3-4-6-10(9)8-11;1-2-5-9-7-3-6-8(9)4-1;;;/h3-8H,1-2H3;1-7H;2*1H;/q2*-1;;;+2/p-2. The molecule has 124 valence electrons. The van der Waals surface area contributed by atoms with Crippen LogP contribution in [0.25, 0.3) is 21.5 Å². The Bertz CT molecular complexity index is 801. The SMILES string of the molecule is CP(C)c1cc2ccccc2[cH-]1.[Cl][Ti][Cl].c1ccc2[cH-]ccc2c1. The van der Waals surface area contributed by atoms with E-state index in [1.165, 1.54) is 26.8 Å². The Hall–Kier alpha value is -0.616. The Morgan fingerprint density at radius 2 is 1.42 bits per heavy atom. The normalized spacial score (nSPS) is 10.0. The Morgan fingerprint density at radius 3 is 2.00 bits per heavy atom. The molecule has 0 atom stereocenters. The Balaban J connectivity index is 0.000000154. The van der Waals surface area contributed by atoms with Crippen LogP contribution in [-0.2, 0) is 17.0 Å². The van der Waals surface area contributed by atoms with Crippen LogP contribution < -0.4 is 5.30 Å². The molecule has 0 aliphatic carbocycles. The molecule has 4 heteroatoms. The quantitative estimate of drug-likeness (QED) is 0.183. The van der Waals surface area contributed by atoms with Gasteiger partial charge in [-0.05, 0) is 13.3 Å². The third-order valence-electron chi connectivity index (χ3n) is 3.67. The van der Waals surface area contributed by atoms with Gasteiger partial charge in [0, 0.05) is 0 Å². The number of hydrogen-bond donors (Lipinski definition) is 0. The molecule has 0 heterocycles. The summed E-state index contributed by atoms with van der Waals surface area (Å²) in [5.74, 6) is 0. The first-order valence-corrected chi connectivity index (χ1v) is 14.1. The summed E-state index contributed by atoms with van der Waals surface area (Å²) in [5, 5.41) is 6.92. The first-order chi connectivity index (χ1) is 11.7. The van der Waals surface area contributed by atoms with E-state index in [9.17, 15) is 0 Å². The van der Waals surface area contributed by atoms with Gasteiger partial charge in [-0.2, -0.15) is 23.6 Å². The van der Waals surface area contributed by atoms with E-state index in [2.05, 4.69) is 92.2 Å². The fraction of sp³-hybridized carbons (Fsp3) is 0.100. The second-order valence-corrected chi connectivity index (χ2v) is 10.3. The third-order valence-corrected chi connectivity index (χ3v) is 4.96. The van der Waals surface area contributed by atoms with Gasteiger partial charge in [0.1, 0.15) is 0 Å². The van der Waals surface area contributed by atoms with Crippen LogP contribution in [-0.4, -0.2) is 13.3 Å². The molecule has 4 aromatic rings. The second-order valence-electron chi connectivity index (χ2n) is 5.46. The van der Waals surface area contributed by atoms with Crippen molar-refractivity contribution >= 4 is 53.4 Å². The number of hydrogen-bond acceptors (Lipinski definition) is 0. The van der Waals surface area contributed by atoms with E-state index in [1.807, 2.05) is 0 Å². The Morgan fingerprint density at radius 1 is 0.833 bits per heavy atom. The largest absolute Gasteiger partial charge is 0.168 e. The summed E-state index contributed by atoms with van der Waals surface area (Å²) in [6.07, 6.45) is 0. The summed E-state index contributed by atoms with van der Waals surface area (Å²) in [6, 6.07) is 27.8. The number of benzene rings is 2. The van der Waals surface area contributed by atoms with Crippen LogP contribution in [0.15, 0.2) is 78.9 Å². The van der Waals surface area contributed by atoms with Gasteiger partial charge in [0.2, 0.25) is 0 Å². The predicted molar refractivity (Wildman–Crippen MR) is 109 cm³/mol. The molecule has 0 bridgehead atoms. The molecular weight excluding hydrogens is 390 g/mol. The maximum absolute atomic E-state index is 4.89. The first-order valence-electron chi connectivity index (χ1n) is 7.55. The van der Waals surface area contributed by atoms with E-state index >= 15 is 0 Å². The van der Waals surface area contributed by atoms with E-state index in [4.69, 9.17) is 18.6 Å². The minimum atomic E-state index is -0.556. The molecule has 0 saturated heterocycles. The number of halogens is 2. The van der Waals surface area contributed by atoms with E-state index < -0.39 is 17.0 Å². The summed E-state index contributed by atoms with van der Waals surface area (Å²) in [4.78, 5) is 0. The molecular formula is C20H19Cl2PTi-2. The molecule has 24 heavy (non-hydrogen) atoms. The minimum absolute atomic E-state index is 0.0576. The van der Waals surface area contributed by atoms with Crippen LogP contribution >= 0.6 is 26.5 Å². The maximum atomic E-state index is 4.89. The fourth-order valence-electron chi connectivity index (χ4n) is 2.46. The molecule has 4 rings (SSSR count). The van der Waals surface area contributed by atoms with Gasteiger partial charge in [-0.25, -0.2) is 0 Å². The first kappa shape index (κ1) is 19.7. The molecule has 0 unspecified atom stereocenters. The molecule has 0 aliphatic heterocycles. The fourth-order valence-corrected chi connectivity index (χ4v) is 3.26. The smallest absolute Gasteiger partial charge is 0.0809 e. The van der Waals surface area contributed by atoms with Gasteiger partial charge in [-0.3, -0.25) is 0 Å². The van der Waals surface area contributed by atoms with Gasteiger partial charge < -0.3 is 0 Å². The number of rotatable bonds is 1. The molecule has 0 nitrogen and oxygen atoms in total. The van der Waals surface area contributed by atoms with Gasteiger partial charge in [0.05, 0.1) is 0 Å². The molecule has 0 aromatic heterocycles.